The highest BCUT2D eigenvalue weighted by Gasteiger charge is 2.12. The van der Waals surface area contributed by atoms with E-state index in [1.807, 2.05) is 18.2 Å². The Morgan fingerprint density at radius 1 is 1.16 bits per heavy atom. The molecule has 0 aliphatic carbocycles. The van der Waals surface area contributed by atoms with E-state index in [2.05, 4.69) is 20.3 Å². The number of ether oxygens (including phenoxy) is 2. The van der Waals surface area contributed by atoms with E-state index in [0.29, 0.717) is 25.5 Å². The van der Waals surface area contributed by atoms with E-state index in [0.717, 1.165) is 36.3 Å². The second kappa shape index (κ2) is 10.7. The van der Waals surface area contributed by atoms with Crippen LogP contribution in [0.5, 0.6) is 11.5 Å². The van der Waals surface area contributed by atoms with Crippen molar-refractivity contribution < 1.29 is 17.9 Å². The molecule has 1 aromatic rings. The molecule has 0 saturated carbocycles. The summed E-state index contributed by atoms with van der Waals surface area (Å²) in [5, 5.41) is 6.36. The predicted octanol–water partition coefficient (Wildman–Crippen LogP) is 0.680. The third-order valence-corrected chi connectivity index (χ3v) is 4.11. The summed E-state index contributed by atoms with van der Waals surface area (Å²) in [5.41, 5.74) is 1.15. The van der Waals surface area contributed by atoms with E-state index in [-0.39, 0.29) is 30.8 Å². The van der Waals surface area contributed by atoms with Gasteiger partial charge in [-0.1, -0.05) is 6.07 Å². The summed E-state index contributed by atoms with van der Waals surface area (Å²) in [6.07, 6.45) is 2.65. The summed E-state index contributed by atoms with van der Waals surface area (Å²) in [4.78, 5) is 4.13. The lowest BCUT2D eigenvalue weighted by molar-refractivity contribution is 0.174. The second-order valence-corrected chi connectivity index (χ2v) is 7.22. The van der Waals surface area contributed by atoms with Gasteiger partial charge in [0.25, 0.3) is 0 Å². The Morgan fingerprint density at radius 3 is 2.60 bits per heavy atom. The smallest absolute Gasteiger partial charge is 0.231 e. The van der Waals surface area contributed by atoms with Crippen molar-refractivity contribution in [3.05, 3.63) is 23.8 Å². The van der Waals surface area contributed by atoms with Crippen LogP contribution in [0.2, 0.25) is 0 Å². The van der Waals surface area contributed by atoms with Gasteiger partial charge in [-0.2, -0.15) is 0 Å². The van der Waals surface area contributed by atoms with E-state index in [9.17, 15) is 8.42 Å². The van der Waals surface area contributed by atoms with Crippen molar-refractivity contribution >= 4 is 40.0 Å². The molecular formula is C15H25IN4O4S. The van der Waals surface area contributed by atoms with Gasteiger partial charge >= 0.3 is 0 Å². The molecule has 1 heterocycles. The SMILES string of the molecule is CN=C(NCCCNS(C)(=O)=O)NCCc1ccc2c(c1)OCO2.I. The molecule has 0 bridgehead atoms. The van der Waals surface area contributed by atoms with Gasteiger partial charge in [-0.15, -0.1) is 24.0 Å². The Balaban J connectivity index is 0.00000312. The number of aliphatic imine (C=N–C) groups is 1. The molecular weight excluding hydrogens is 459 g/mol. The Bertz CT molecular complexity index is 682. The zero-order valence-corrected chi connectivity index (χ0v) is 17.5. The van der Waals surface area contributed by atoms with Crippen LogP contribution in [-0.4, -0.2) is 54.1 Å². The van der Waals surface area contributed by atoms with Crippen LogP contribution in [0.3, 0.4) is 0 Å². The first-order chi connectivity index (χ1) is 11.5. The first kappa shape index (κ1) is 21.8. The van der Waals surface area contributed by atoms with E-state index in [1.165, 1.54) is 0 Å². The predicted molar refractivity (Wildman–Crippen MR) is 109 cm³/mol. The van der Waals surface area contributed by atoms with E-state index in [1.54, 1.807) is 7.05 Å². The highest BCUT2D eigenvalue weighted by Crippen LogP contribution is 2.32. The molecule has 1 aromatic carbocycles. The van der Waals surface area contributed by atoms with Crippen LogP contribution in [-0.2, 0) is 16.4 Å². The van der Waals surface area contributed by atoms with Crippen LogP contribution in [0, 0.1) is 0 Å². The van der Waals surface area contributed by atoms with Crippen molar-refractivity contribution in [2.45, 2.75) is 12.8 Å². The molecule has 2 rings (SSSR count). The molecule has 0 amide bonds. The number of benzene rings is 1. The molecule has 8 nitrogen and oxygen atoms in total. The fourth-order valence-electron chi connectivity index (χ4n) is 2.20. The fraction of sp³-hybridized carbons (Fsp3) is 0.533. The molecule has 142 valence electrons. The van der Waals surface area contributed by atoms with Crippen LogP contribution in [0.15, 0.2) is 23.2 Å². The minimum absolute atomic E-state index is 0. The first-order valence-electron chi connectivity index (χ1n) is 7.75. The van der Waals surface area contributed by atoms with Gasteiger partial charge in [-0.05, 0) is 30.5 Å². The van der Waals surface area contributed by atoms with Crippen LogP contribution >= 0.6 is 24.0 Å². The standard InChI is InChI=1S/C15H24N4O4S.HI/c1-16-15(17-7-3-8-19-24(2,20)21)18-9-6-12-4-5-13-14(10-12)23-11-22-13;/h4-5,10,19H,3,6-9,11H2,1-2H3,(H2,16,17,18);1H. The average Bonchev–Trinajstić information content (AvgIpc) is 2.99. The maximum Gasteiger partial charge on any atom is 0.231 e. The lowest BCUT2D eigenvalue weighted by Gasteiger charge is -2.12. The maximum absolute atomic E-state index is 10.9. The zero-order valence-electron chi connectivity index (χ0n) is 14.4. The lowest BCUT2D eigenvalue weighted by Crippen LogP contribution is -2.39. The monoisotopic (exact) mass is 484 g/mol. The van der Waals surface area contributed by atoms with Crippen LogP contribution < -0.4 is 24.8 Å². The molecule has 1 aliphatic rings. The summed E-state index contributed by atoms with van der Waals surface area (Å²) < 4.78 is 35.0. The lowest BCUT2D eigenvalue weighted by atomic mass is 10.1. The molecule has 10 heteroatoms. The number of guanidine groups is 1. The molecule has 1 aliphatic heterocycles. The van der Waals surface area contributed by atoms with Crippen LogP contribution in [0.1, 0.15) is 12.0 Å². The normalized spacial score (nSPS) is 13.3. The molecule has 3 N–H and O–H groups in total. The summed E-state index contributed by atoms with van der Waals surface area (Å²) >= 11 is 0. The molecule has 0 aromatic heterocycles. The van der Waals surface area contributed by atoms with Crippen molar-refractivity contribution in [2.24, 2.45) is 4.99 Å². The largest absolute Gasteiger partial charge is 0.454 e. The number of rotatable bonds is 8. The minimum Gasteiger partial charge on any atom is -0.454 e. The first-order valence-corrected chi connectivity index (χ1v) is 9.65. The van der Waals surface area contributed by atoms with Gasteiger partial charge in [-0.25, -0.2) is 13.1 Å². The van der Waals surface area contributed by atoms with Gasteiger partial charge in [0.2, 0.25) is 16.8 Å². The molecule has 0 atom stereocenters. The second-order valence-electron chi connectivity index (χ2n) is 5.38. The summed E-state index contributed by atoms with van der Waals surface area (Å²) in [7, 11) is -1.42. The Labute approximate surface area is 165 Å². The van der Waals surface area contributed by atoms with E-state index >= 15 is 0 Å². The molecule has 0 unspecified atom stereocenters. The van der Waals surface area contributed by atoms with E-state index in [4.69, 9.17) is 9.47 Å². The quantitative estimate of drug-likeness (QED) is 0.217. The van der Waals surface area contributed by atoms with Gasteiger partial charge in [-0.3, -0.25) is 4.99 Å². The topological polar surface area (TPSA) is 101 Å². The van der Waals surface area contributed by atoms with Gasteiger partial charge in [0.05, 0.1) is 6.26 Å². The van der Waals surface area contributed by atoms with Crippen LogP contribution in [0.4, 0.5) is 0 Å². The van der Waals surface area contributed by atoms with Crippen LogP contribution in [0.25, 0.3) is 0 Å². The highest BCUT2D eigenvalue weighted by molar-refractivity contribution is 14.0. The number of hydrogen-bond acceptors (Lipinski definition) is 5. The van der Waals surface area contributed by atoms with Crippen molar-refractivity contribution in [1.29, 1.82) is 0 Å². The Kier molecular flexibility index (Phi) is 9.28. The summed E-state index contributed by atoms with van der Waals surface area (Å²) in [5.74, 6) is 2.26. The van der Waals surface area contributed by atoms with Crippen molar-refractivity contribution in [3.8, 4) is 11.5 Å². The van der Waals surface area contributed by atoms with E-state index < -0.39 is 10.0 Å². The van der Waals surface area contributed by atoms with Gasteiger partial charge in [0.1, 0.15) is 0 Å². The number of hydrogen-bond donors (Lipinski definition) is 3. The summed E-state index contributed by atoms with van der Waals surface area (Å²) in [6.45, 7) is 2.04. The Morgan fingerprint density at radius 2 is 1.88 bits per heavy atom. The van der Waals surface area contributed by atoms with Crippen molar-refractivity contribution in [2.75, 3.05) is 39.7 Å². The Hall–Kier alpha value is -1.27. The number of halogens is 1. The molecule has 0 fully saturated rings. The highest BCUT2D eigenvalue weighted by atomic mass is 127. The molecule has 0 saturated heterocycles. The average molecular weight is 484 g/mol. The molecule has 0 spiro atoms. The molecule has 0 radical (unpaired) electrons. The minimum atomic E-state index is -3.12. The summed E-state index contributed by atoms with van der Waals surface area (Å²) in [6, 6.07) is 5.92. The van der Waals surface area contributed by atoms with Gasteiger partial charge < -0.3 is 20.1 Å². The van der Waals surface area contributed by atoms with Crippen molar-refractivity contribution in [1.82, 2.24) is 15.4 Å². The van der Waals surface area contributed by atoms with Gasteiger partial charge in [0, 0.05) is 26.7 Å². The maximum atomic E-state index is 10.9. The third kappa shape index (κ3) is 8.10. The third-order valence-electron chi connectivity index (χ3n) is 3.38. The van der Waals surface area contributed by atoms with Crippen molar-refractivity contribution in [3.63, 3.8) is 0 Å². The number of nitrogens with one attached hydrogen (secondary N) is 3. The number of sulfonamides is 1. The molecule has 25 heavy (non-hydrogen) atoms. The number of fused-ring (bicyclic) bond motifs is 1. The number of nitrogens with zero attached hydrogens (tertiary/aromatic N) is 1. The van der Waals surface area contributed by atoms with Gasteiger partial charge in [0.15, 0.2) is 17.5 Å². The zero-order chi connectivity index (χ0) is 17.4. The fourth-order valence-corrected chi connectivity index (χ4v) is 2.71.